The number of hydrogen-bond donors (Lipinski definition) is 3. The van der Waals surface area contributed by atoms with Crippen LogP contribution in [0.15, 0.2) is 18.2 Å². The Morgan fingerprint density at radius 1 is 1.43 bits per heavy atom. The molecule has 3 N–H and O–H groups in total. The van der Waals surface area contributed by atoms with E-state index < -0.39 is 18.0 Å². The summed E-state index contributed by atoms with van der Waals surface area (Å²) >= 11 is 5.74. The fourth-order valence-corrected chi connectivity index (χ4v) is 2.25. The van der Waals surface area contributed by atoms with Gasteiger partial charge in [-0.15, -0.1) is 0 Å². The molecule has 0 radical (unpaired) electrons. The molecular weight excluding hydrogens is 298 g/mol. The van der Waals surface area contributed by atoms with Crippen LogP contribution in [0.1, 0.15) is 16.8 Å². The van der Waals surface area contributed by atoms with Gasteiger partial charge in [0.05, 0.1) is 10.6 Å². The van der Waals surface area contributed by atoms with E-state index in [1.54, 1.807) is 7.05 Å². The molecule has 0 spiro atoms. The number of nitrogens with zero attached hydrogens (tertiary/aromatic N) is 1. The second-order valence-electron chi connectivity index (χ2n) is 4.70. The van der Waals surface area contributed by atoms with Gasteiger partial charge in [0.2, 0.25) is 5.91 Å². The summed E-state index contributed by atoms with van der Waals surface area (Å²) in [5, 5.41) is 14.1. The minimum Gasteiger partial charge on any atom is -0.478 e. The van der Waals surface area contributed by atoms with Crippen LogP contribution in [0.4, 0.5) is 10.5 Å². The van der Waals surface area contributed by atoms with Crippen molar-refractivity contribution >= 4 is 35.2 Å². The second kappa shape index (κ2) is 6.01. The molecule has 0 bridgehead atoms. The number of likely N-dealkylation sites (N-methyl/N-ethyl adjacent to an activating group) is 1. The van der Waals surface area contributed by atoms with Crippen molar-refractivity contribution in [3.8, 4) is 0 Å². The number of hydrogen-bond acceptors (Lipinski definition) is 3. The molecule has 1 aromatic carbocycles. The summed E-state index contributed by atoms with van der Waals surface area (Å²) in [4.78, 5) is 36.0. The number of carboxylic acid groups (broad SMARTS) is 1. The van der Waals surface area contributed by atoms with E-state index in [2.05, 4.69) is 10.6 Å². The third kappa shape index (κ3) is 3.43. The van der Waals surface area contributed by atoms with Gasteiger partial charge in [0.1, 0.15) is 6.04 Å². The molecule has 0 aromatic heterocycles. The molecule has 0 saturated carbocycles. The highest BCUT2D eigenvalue weighted by Gasteiger charge is 2.30. The first-order valence-electron chi connectivity index (χ1n) is 6.24. The highest BCUT2D eigenvalue weighted by Crippen LogP contribution is 2.20. The number of nitrogens with one attached hydrogen (secondary N) is 2. The Balaban J connectivity index is 2.02. The molecule has 1 atom stereocenters. The van der Waals surface area contributed by atoms with Crippen LogP contribution in [0, 0.1) is 0 Å². The molecule has 8 heteroatoms. The summed E-state index contributed by atoms with van der Waals surface area (Å²) in [6.45, 7) is 0.591. The van der Waals surface area contributed by atoms with E-state index in [1.165, 1.54) is 23.1 Å². The van der Waals surface area contributed by atoms with Gasteiger partial charge in [0, 0.05) is 19.3 Å². The molecule has 1 aromatic rings. The van der Waals surface area contributed by atoms with Crippen molar-refractivity contribution in [1.29, 1.82) is 0 Å². The summed E-state index contributed by atoms with van der Waals surface area (Å²) < 4.78 is 0. The molecule has 3 amide bonds. The van der Waals surface area contributed by atoms with Crippen molar-refractivity contribution in [1.82, 2.24) is 10.2 Å². The molecule has 0 aliphatic carbocycles. The maximum Gasteiger partial charge on any atom is 0.337 e. The third-order valence-corrected chi connectivity index (χ3v) is 3.52. The largest absolute Gasteiger partial charge is 0.478 e. The highest BCUT2D eigenvalue weighted by molar-refractivity contribution is 6.33. The van der Waals surface area contributed by atoms with E-state index in [-0.39, 0.29) is 22.2 Å². The number of amides is 3. The zero-order chi connectivity index (χ0) is 15.6. The van der Waals surface area contributed by atoms with E-state index in [0.717, 1.165) is 0 Å². The van der Waals surface area contributed by atoms with Crippen molar-refractivity contribution in [3.05, 3.63) is 28.8 Å². The smallest absolute Gasteiger partial charge is 0.337 e. The highest BCUT2D eigenvalue weighted by atomic mass is 35.5. The van der Waals surface area contributed by atoms with Gasteiger partial charge >= 0.3 is 12.0 Å². The summed E-state index contributed by atoms with van der Waals surface area (Å²) in [6, 6.07) is 3.00. The molecule has 1 saturated heterocycles. The van der Waals surface area contributed by atoms with Gasteiger partial charge in [0.15, 0.2) is 0 Å². The lowest BCUT2D eigenvalue weighted by Gasteiger charge is -2.13. The Bertz CT molecular complexity index is 605. The fourth-order valence-electron chi connectivity index (χ4n) is 2.05. The topological polar surface area (TPSA) is 98.7 Å². The lowest BCUT2D eigenvalue weighted by molar-refractivity contribution is -0.128. The Morgan fingerprint density at radius 2 is 2.14 bits per heavy atom. The summed E-state index contributed by atoms with van der Waals surface area (Å²) in [7, 11) is 1.67. The van der Waals surface area contributed by atoms with Gasteiger partial charge in [-0.3, -0.25) is 4.79 Å². The van der Waals surface area contributed by atoms with Crippen LogP contribution >= 0.6 is 11.6 Å². The Morgan fingerprint density at radius 3 is 2.71 bits per heavy atom. The number of likely N-dealkylation sites (tertiary alicyclic amines) is 1. The van der Waals surface area contributed by atoms with E-state index in [1.807, 2.05) is 0 Å². The van der Waals surface area contributed by atoms with Crippen LogP contribution < -0.4 is 10.6 Å². The minimum atomic E-state index is -1.18. The van der Waals surface area contributed by atoms with Crippen molar-refractivity contribution in [2.45, 2.75) is 12.5 Å². The van der Waals surface area contributed by atoms with Crippen molar-refractivity contribution in [3.63, 3.8) is 0 Å². The van der Waals surface area contributed by atoms with Gasteiger partial charge < -0.3 is 20.6 Å². The van der Waals surface area contributed by atoms with Crippen LogP contribution in [-0.4, -0.2) is 47.5 Å². The number of carbonyl (C=O) groups excluding carboxylic acids is 2. The zero-order valence-electron chi connectivity index (χ0n) is 11.2. The average Bonchev–Trinajstić information content (AvgIpc) is 2.72. The maximum absolute atomic E-state index is 11.8. The quantitative estimate of drug-likeness (QED) is 0.785. The lowest BCUT2D eigenvalue weighted by Crippen LogP contribution is -2.42. The van der Waals surface area contributed by atoms with Crippen molar-refractivity contribution < 1.29 is 19.5 Å². The van der Waals surface area contributed by atoms with Crippen molar-refractivity contribution in [2.24, 2.45) is 0 Å². The summed E-state index contributed by atoms with van der Waals surface area (Å²) in [5.41, 5.74) is 0.180. The molecule has 1 heterocycles. The second-order valence-corrected chi connectivity index (χ2v) is 5.11. The molecular formula is C13H14ClN3O4. The van der Waals surface area contributed by atoms with E-state index >= 15 is 0 Å². The number of benzene rings is 1. The Labute approximate surface area is 125 Å². The first-order valence-corrected chi connectivity index (χ1v) is 6.61. The lowest BCUT2D eigenvalue weighted by atomic mass is 10.2. The van der Waals surface area contributed by atoms with Crippen LogP contribution in [0.2, 0.25) is 5.02 Å². The van der Waals surface area contributed by atoms with E-state index in [9.17, 15) is 14.4 Å². The molecule has 1 fully saturated rings. The van der Waals surface area contributed by atoms with Crippen LogP contribution in [0.25, 0.3) is 0 Å². The number of rotatable bonds is 3. The number of anilines is 1. The molecule has 112 valence electrons. The van der Waals surface area contributed by atoms with Gasteiger partial charge in [-0.05, 0) is 24.6 Å². The van der Waals surface area contributed by atoms with Crippen LogP contribution in [0.5, 0.6) is 0 Å². The Hall–Kier alpha value is -2.28. The molecule has 2 rings (SSSR count). The first-order chi connectivity index (χ1) is 9.88. The van der Waals surface area contributed by atoms with Gasteiger partial charge in [-0.1, -0.05) is 11.6 Å². The molecule has 21 heavy (non-hydrogen) atoms. The first kappa shape index (κ1) is 15.1. The molecule has 1 unspecified atom stereocenters. The number of aromatic carboxylic acids is 1. The maximum atomic E-state index is 11.8. The van der Waals surface area contributed by atoms with E-state index in [4.69, 9.17) is 16.7 Å². The van der Waals surface area contributed by atoms with Crippen molar-refractivity contribution in [2.75, 3.05) is 18.9 Å². The number of carbonyl (C=O) groups is 3. The Kier molecular flexibility index (Phi) is 4.32. The number of carboxylic acids is 1. The zero-order valence-corrected chi connectivity index (χ0v) is 12.0. The predicted molar refractivity (Wildman–Crippen MR) is 76.6 cm³/mol. The predicted octanol–water partition coefficient (Wildman–Crippen LogP) is 1.39. The standard InChI is InChI=1S/C13H14ClN3O4/c1-17-5-4-10(11(17)18)16-13(21)15-7-2-3-9(14)8(6-7)12(19)20/h2-3,6,10H,4-5H2,1H3,(H,19,20)(H2,15,16,21). The molecule has 1 aliphatic rings. The number of urea groups is 1. The number of halogens is 1. The monoisotopic (exact) mass is 311 g/mol. The normalized spacial score (nSPS) is 17.7. The summed E-state index contributed by atoms with van der Waals surface area (Å²) in [6.07, 6.45) is 0.545. The third-order valence-electron chi connectivity index (χ3n) is 3.19. The van der Waals surface area contributed by atoms with Gasteiger partial charge in [0.25, 0.3) is 0 Å². The van der Waals surface area contributed by atoms with Gasteiger partial charge in [-0.2, -0.15) is 0 Å². The van der Waals surface area contributed by atoms with Gasteiger partial charge in [-0.25, -0.2) is 9.59 Å². The SMILES string of the molecule is CN1CCC(NC(=O)Nc2ccc(Cl)c(C(=O)O)c2)C1=O. The van der Waals surface area contributed by atoms with Crippen LogP contribution in [0.3, 0.4) is 0 Å². The minimum absolute atomic E-state index is 0.0843. The van der Waals surface area contributed by atoms with Crippen LogP contribution in [-0.2, 0) is 4.79 Å². The fraction of sp³-hybridized carbons (Fsp3) is 0.308. The van der Waals surface area contributed by atoms with E-state index in [0.29, 0.717) is 13.0 Å². The molecule has 1 aliphatic heterocycles. The average molecular weight is 312 g/mol. The molecule has 7 nitrogen and oxygen atoms in total. The summed E-state index contributed by atoms with van der Waals surface area (Å²) in [5.74, 6) is -1.33.